The molecule has 3 N–H and O–H groups in total. The smallest absolute Gasteiger partial charge is 0.320 e. The van der Waals surface area contributed by atoms with Crippen LogP contribution in [0.15, 0.2) is 66.7 Å². The molecule has 4 aromatic carbocycles. The average molecular weight is 566 g/mol. The molecule has 218 valence electrons. The van der Waals surface area contributed by atoms with E-state index in [1.807, 2.05) is 30.3 Å². The van der Waals surface area contributed by atoms with E-state index < -0.39 is 0 Å². The van der Waals surface area contributed by atoms with Gasteiger partial charge >= 0.3 is 6.01 Å². The van der Waals surface area contributed by atoms with E-state index in [0.717, 1.165) is 46.7 Å². The molecule has 5 rings (SSSR count). The van der Waals surface area contributed by atoms with Crippen molar-refractivity contribution in [3.63, 3.8) is 0 Å². The van der Waals surface area contributed by atoms with E-state index in [0.29, 0.717) is 12.4 Å². The lowest BCUT2D eigenvalue weighted by molar-refractivity contribution is 0.281. The molecule has 0 unspecified atom stereocenters. The summed E-state index contributed by atoms with van der Waals surface area (Å²) in [4.78, 5) is 13.6. The molecule has 42 heavy (non-hydrogen) atoms. The summed E-state index contributed by atoms with van der Waals surface area (Å²) in [6.45, 7) is 2.70. The Balaban J connectivity index is 1.35. The number of ether oxygens (including phenoxy) is 1. The predicted molar refractivity (Wildman–Crippen MR) is 168 cm³/mol. The summed E-state index contributed by atoms with van der Waals surface area (Å²) >= 11 is 0. The Morgan fingerprint density at radius 3 is 1.81 bits per heavy atom. The highest BCUT2D eigenvalue weighted by atomic mass is 16.5. The van der Waals surface area contributed by atoms with Crippen molar-refractivity contribution in [1.29, 1.82) is 0 Å². The van der Waals surface area contributed by atoms with Gasteiger partial charge in [0.1, 0.15) is 22.8 Å². The van der Waals surface area contributed by atoms with Gasteiger partial charge in [-0.3, -0.25) is 0 Å². The molecule has 0 bridgehead atoms. The zero-order valence-corrected chi connectivity index (χ0v) is 24.2. The van der Waals surface area contributed by atoms with Crippen LogP contribution >= 0.6 is 0 Å². The van der Waals surface area contributed by atoms with E-state index in [1.165, 1.54) is 56.8 Å². The summed E-state index contributed by atoms with van der Waals surface area (Å²) in [5, 5.41) is 35.3. The van der Waals surface area contributed by atoms with Crippen molar-refractivity contribution >= 4 is 21.5 Å². The summed E-state index contributed by atoms with van der Waals surface area (Å²) in [5.41, 5.74) is 0.759. The first-order valence-corrected chi connectivity index (χ1v) is 15.1. The normalized spacial score (nSPS) is 11.4. The van der Waals surface area contributed by atoms with Crippen molar-refractivity contribution in [3.05, 3.63) is 66.7 Å². The number of phenolic OH excluding ortho intramolecular Hbond substituents is 3. The molecule has 1 heterocycles. The maximum absolute atomic E-state index is 10.5. The van der Waals surface area contributed by atoms with Crippen LogP contribution in [0.3, 0.4) is 0 Å². The molecule has 0 saturated heterocycles. The summed E-state index contributed by atoms with van der Waals surface area (Å²) in [5.74, 6) is -0.514. The van der Waals surface area contributed by atoms with E-state index in [2.05, 4.69) is 46.1 Å². The van der Waals surface area contributed by atoms with Gasteiger partial charge in [0.2, 0.25) is 0 Å². The molecule has 5 aromatic rings. The lowest BCUT2D eigenvalue weighted by atomic mass is 10.0. The van der Waals surface area contributed by atoms with Gasteiger partial charge in [-0.15, -0.1) is 0 Å². The molecule has 0 aliphatic carbocycles. The number of aromatic hydroxyl groups is 3. The lowest BCUT2D eigenvalue weighted by Gasteiger charge is -2.12. The largest absolute Gasteiger partial charge is 0.508 e. The van der Waals surface area contributed by atoms with Crippen LogP contribution in [-0.4, -0.2) is 36.9 Å². The first-order valence-electron chi connectivity index (χ1n) is 15.1. The summed E-state index contributed by atoms with van der Waals surface area (Å²) in [6, 6.07) is 20.9. The quantitative estimate of drug-likeness (QED) is 0.0911. The van der Waals surface area contributed by atoms with Crippen molar-refractivity contribution in [2.45, 2.75) is 71.1 Å². The van der Waals surface area contributed by atoms with Crippen LogP contribution in [0, 0.1) is 0 Å². The van der Waals surface area contributed by atoms with Gasteiger partial charge in [0.15, 0.2) is 11.6 Å². The van der Waals surface area contributed by atoms with E-state index in [9.17, 15) is 15.3 Å². The summed E-state index contributed by atoms with van der Waals surface area (Å²) in [7, 11) is 0. The molecular weight excluding hydrogens is 526 g/mol. The molecular formula is C35H39N3O4. The number of nitrogens with zero attached hydrogens (tertiary/aromatic N) is 3. The Bertz CT molecular complexity index is 1630. The number of aromatic nitrogens is 3. The number of fused-ring (bicyclic) bond motifs is 2. The van der Waals surface area contributed by atoms with Crippen LogP contribution in [0.25, 0.3) is 44.3 Å². The number of hydrogen-bond acceptors (Lipinski definition) is 7. The third-order valence-corrected chi connectivity index (χ3v) is 7.61. The second-order valence-corrected chi connectivity index (χ2v) is 10.9. The Morgan fingerprint density at radius 2 is 1.14 bits per heavy atom. The van der Waals surface area contributed by atoms with Gasteiger partial charge in [-0.1, -0.05) is 101 Å². The lowest BCUT2D eigenvalue weighted by Crippen LogP contribution is -2.05. The molecule has 0 saturated carbocycles. The third-order valence-electron chi connectivity index (χ3n) is 7.61. The molecule has 0 radical (unpaired) electrons. The maximum atomic E-state index is 10.5. The topological polar surface area (TPSA) is 109 Å². The first kappa shape index (κ1) is 29.1. The minimum absolute atomic E-state index is 0.00650. The van der Waals surface area contributed by atoms with Crippen LogP contribution < -0.4 is 4.74 Å². The van der Waals surface area contributed by atoms with Crippen LogP contribution in [0.4, 0.5) is 0 Å². The average Bonchev–Trinajstić information content (AvgIpc) is 2.98. The van der Waals surface area contributed by atoms with Crippen molar-refractivity contribution in [3.8, 4) is 46.0 Å². The van der Waals surface area contributed by atoms with Gasteiger partial charge in [-0.05, 0) is 46.2 Å². The predicted octanol–water partition coefficient (Wildman–Crippen LogP) is 8.93. The van der Waals surface area contributed by atoms with Crippen LogP contribution in [0.5, 0.6) is 23.3 Å². The van der Waals surface area contributed by atoms with Crippen LogP contribution in [0.2, 0.25) is 0 Å². The van der Waals surface area contributed by atoms with Crippen molar-refractivity contribution < 1.29 is 20.1 Å². The van der Waals surface area contributed by atoms with E-state index in [-0.39, 0.29) is 34.6 Å². The number of unbranched alkanes of at least 4 members (excludes halogenated alkanes) is 9. The minimum atomic E-state index is -0.338. The molecule has 1 aromatic heterocycles. The molecule has 0 fully saturated rings. The number of hydrogen-bond donors (Lipinski definition) is 3. The zero-order chi connectivity index (χ0) is 29.3. The summed E-state index contributed by atoms with van der Waals surface area (Å²) < 4.78 is 5.98. The van der Waals surface area contributed by atoms with E-state index in [4.69, 9.17) is 4.74 Å². The number of rotatable bonds is 14. The minimum Gasteiger partial charge on any atom is -0.508 e. The molecule has 0 aliphatic heterocycles. The Labute approximate surface area is 246 Å². The fourth-order valence-corrected chi connectivity index (χ4v) is 5.32. The molecule has 0 atom stereocenters. The number of benzene rings is 4. The fraction of sp³-hybridized carbons (Fsp3) is 0.343. The molecule has 7 heteroatoms. The van der Waals surface area contributed by atoms with E-state index in [1.54, 1.807) is 0 Å². The fourth-order valence-electron chi connectivity index (χ4n) is 5.32. The van der Waals surface area contributed by atoms with E-state index >= 15 is 0 Å². The standard InChI is InChI=1S/C35H39N3O4/c1-2-3-4-5-6-7-8-9-10-13-18-42-35-37-33(36-34(38-35)32-30(40)22-29(39)23-31(32)41)27-17-16-26-19-24-14-11-12-15-25(24)20-28(26)21-27/h11-12,14-17,19-23,39-41H,2-10,13,18H2,1H3. The van der Waals surface area contributed by atoms with Gasteiger partial charge in [-0.2, -0.15) is 9.97 Å². The van der Waals surface area contributed by atoms with Crippen LogP contribution in [-0.2, 0) is 0 Å². The highest BCUT2D eigenvalue weighted by Gasteiger charge is 2.19. The maximum Gasteiger partial charge on any atom is 0.320 e. The Kier molecular flexibility index (Phi) is 9.70. The highest BCUT2D eigenvalue weighted by molar-refractivity contribution is 5.99. The molecule has 7 nitrogen and oxygen atoms in total. The number of phenols is 3. The van der Waals surface area contributed by atoms with Crippen molar-refractivity contribution in [2.75, 3.05) is 6.61 Å². The second-order valence-electron chi connectivity index (χ2n) is 10.9. The molecule has 0 amide bonds. The van der Waals surface area contributed by atoms with Crippen LogP contribution in [0.1, 0.15) is 71.1 Å². The van der Waals surface area contributed by atoms with Gasteiger partial charge in [-0.25, -0.2) is 4.98 Å². The van der Waals surface area contributed by atoms with Crippen molar-refractivity contribution in [1.82, 2.24) is 15.0 Å². The van der Waals surface area contributed by atoms with Gasteiger partial charge in [0.05, 0.1) is 6.61 Å². The summed E-state index contributed by atoms with van der Waals surface area (Å²) in [6.07, 6.45) is 12.2. The SMILES string of the molecule is CCCCCCCCCCCCOc1nc(-c2ccc3cc4ccccc4cc3c2)nc(-c2c(O)cc(O)cc2O)n1. The van der Waals surface area contributed by atoms with Gasteiger partial charge in [0.25, 0.3) is 0 Å². The monoisotopic (exact) mass is 565 g/mol. The Hall–Kier alpha value is -4.39. The zero-order valence-electron chi connectivity index (χ0n) is 24.2. The first-order chi connectivity index (χ1) is 20.5. The van der Waals surface area contributed by atoms with Crippen molar-refractivity contribution in [2.24, 2.45) is 0 Å². The van der Waals surface area contributed by atoms with Gasteiger partial charge < -0.3 is 20.1 Å². The third kappa shape index (κ3) is 7.27. The second kappa shape index (κ2) is 14.0. The Morgan fingerprint density at radius 1 is 0.571 bits per heavy atom. The van der Waals surface area contributed by atoms with Gasteiger partial charge in [0, 0.05) is 17.7 Å². The molecule has 0 aliphatic rings. The highest BCUT2D eigenvalue weighted by Crippen LogP contribution is 2.39. The molecule has 0 spiro atoms.